The molecule has 148 valence electrons. The number of likely N-dealkylation sites (tertiary alicyclic amines) is 1. The maximum absolute atomic E-state index is 13.2. The third-order valence-corrected chi connectivity index (χ3v) is 6.39. The van der Waals surface area contributed by atoms with Crippen LogP contribution in [-0.2, 0) is 10.3 Å². The van der Waals surface area contributed by atoms with Crippen LogP contribution in [0.5, 0.6) is 0 Å². The van der Waals surface area contributed by atoms with E-state index in [4.69, 9.17) is 16.3 Å². The van der Waals surface area contributed by atoms with Crippen LogP contribution in [-0.4, -0.2) is 43.0 Å². The summed E-state index contributed by atoms with van der Waals surface area (Å²) in [6.07, 6.45) is 3.70. The minimum Gasteiger partial charge on any atom is -0.449 e. The third-order valence-electron chi connectivity index (χ3n) is 6.08. The zero-order chi connectivity index (χ0) is 20.0. The first-order valence-electron chi connectivity index (χ1n) is 9.89. The van der Waals surface area contributed by atoms with Crippen molar-refractivity contribution in [3.8, 4) is 0 Å². The summed E-state index contributed by atoms with van der Waals surface area (Å²) < 4.78 is 5.75. The second-order valence-electron chi connectivity index (χ2n) is 7.78. The van der Waals surface area contributed by atoms with E-state index in [0.29, 0.717) is 35.7 Å². The molecule has 1 spiro atoms. The summed E-state index contributed by atoms with van der Waals surface area (Å²) in [7, 11) is 0. The van der Waals surface area contributed by atoms with E-state index >= 15 is 0 Å². The lowest BCUT2D eigenvalue weighted by molar-refractivity contribution is -0.00306. The number of fused-ring (bicyclic) bond motifs is 2. The Bertz CT molecular complexity index is 1050. The average molecular weight is 409 g/mol. The summed E-state index contributed by atoms with van der Waals surface area (Å²) in [6.45, 7) is 2.67. The number of hydrogen-bond donors (Lipinski definition) is 1. The topological polar surface area (TPSA) is 58.6 Å². The molecule has 0 saturated carbocycles. The molecule has 5 nitrogen and oxygen atoms in total. The molecule has 3 heterocycles. The second-order valence-corrected chi connectivity index (χ2v) is 8.19. The number of ether oxygens (including phenoxy) is 1. The number of carbonyl (C=O) groups is 2. The van der Waals surface area contributed by atoms with Crippen molar-refractivity contribution >= 4 is 29.1 Å². The van der Waals surface area contributed by atoms with Crippen molar-refractivity contribution in [1.82, 2.24) is 10.2 Å². The Morgan fingerprint density at radius 1 is 1.21 bits per heavy atom. The highest BCUT2D eigenvalue weighted by Gasteiger charge is 2.51. The van der Waals surface area contributed by atoms with Crippen LogP contribution in [0.1, 0.15) is 44.7 Å². The van der Waals surface area contributed by atoms with Crippen molar-refractivity contribution in [2.45, 2.75) is 18.4 Å². The van der Waals surface area contributed by atoms with Crippen LogP contribution in [0.4, 0.5) is 0 Å². The highest BCUT2D eigenvalue weighted by Crippen LogP contribution is 2.43. The van der Waals surface area contributed by atoms with Gasteiger partial charge in [0.15, 0.2) is 5.60 Å². The van der Waals surface area contributed by atoms with Crippen molar-refractivity contribution in [2.75, 3.05) is 26.2 Å². The van der Waals surface area contributed by atoms with E-state index in [1.54, 1.807) is 11.0 Å². The van der Waals surface area contributed by atoms with E-state index in [9.17, 15) is 9.59 Å². The largest absolute Gasteiger partial charge is 0.449 e. The number of amides is 1. The van der Waals surface area contributed by atoms with Gasteiger partial charge in [0, 0.05) is 25.1 Å². The van der Waals surface area contributed by atoms with Gasteiger partial charge in [0.05, 0.1) is 22.7 Å². The van der Waals surface area contributed by atoms with Gasteiger partial charge in [-0.25, -0.2) is 4.79 Å². The van der Waals surface area contributed by atoms with Crippen LogP contribution >= 0.6 is 11.6 Å². The fourth-order valence-electron chi connectivity index (χ4n) is 4.55. The van der Waals surface area contributed by atoms with Crippen molar-refractivity contribution in [3.63, 3.8) is 0 Å². The molecule has 3 aliphatic heterocycles. The van der Waals surface area contributed by atoms with Crippen molar-refractivity contribution in [3.05, 3.63) is 75.8 Å². The molecule has 6 heteroatoms. The van der Waals surface area contributed by atoms with Gasteiger partial charge in [-0.05, 0) is 42.3 Å². The maximum atomic E-state index is 13.2. The number of esters is 1. The number of carbonyl (C=O) groups excluding carboxylic acids is 2. The first-order chi connectivity index (χ1) is 14.1. The highest BCUT2D eigenvalue weighted by molar-refractivity contribution is 6.34. The predicted octanol–water partition coefficient (Wildman–Crippen LogP) is 3.63. The molecule has 0 unspecified atom stereocenters. The van der Waals surface area contributed by atoms with E-state index in [2.05, 4.69) is 11.4 Å². The van der Waals surface area contributed by atoms with Crippen molar-refractivity contribution in [2.24, 2.45) is 0 Å². The summed E-state index contributed by atoms with van der Waals surface area (Å²) in [4.78, 5) is 27.2. The van der Waals surface area contributed by atoms with Gasteiger partial charge in [0.1, 0.15) is 0 Å². The molecule has 0 aromatic heterocycles. The van der Waals surface area contributed by atoms with Gasteiger partial charge in [-0.3, -0.25) is 4.79 Å². The SMILES string of the molecule is O=C1O[C@]2(CCN(C(=O)c3ccc(C4=CCNCC4)cc3Cl)C2)c2ccccc21. The molecule has 1 atom stereocenters. The van der Waals surface area contributed by atoms with Crippen LogP contribution in [0, 0.1) is 0 Å². The Kier molecular flexibility index (Phi) is 4.45. The lowest BCUT2D eigenvalue weighted by atomic mass is 9.91. The van der Waals surface area contributed by atoms with Gasteiger partial charge >= 0.3 is 5.97 Å². The van der Waals surface area contributed by atoms with Gasteiger partial charge in [-0.2, -0.15) is 0 Å². The molecule has 1 saturated heterocycles. The fourth-order valence-corrected chi connectivity index (χ4v) is 4.81. The standard InChI is InChI=1S/C23H21ClN2O3/c24-20-13-16(15-7-10-25-11-8-15)5-6-18(20)21(27)26-12-9-23(14-26)19-4-2-1-3-17(19)22(28)29-23/h1-7,13,25H,8-12,14H2/t23-/m0/s1. The van der Waals surface area contributed by atoms with Gasteiger partial charge in [0.2, 0.25) is 0 Å². The van der Waals surface area contributed by atoms with E-state index < -0.39 is 5.60 Å². The summed E-state index contributed by atoms with van der Waals surface area (Å²) in [6, 6.07) is 13.1. The predicted molar refractivity (Wildman–Crippen MR) is 111 cm³/mol. The van der Waals surface area contributed by atoms with Gasteiger partial charge in [-0.15, -0.1) is 0 Å². The minimum absolute atomic E-state index is 0.127. The summed E-state index contributed by atoms with van der Waals surface area (Å²) in [5.74, 6) is -0.439. The molecule has 5 rings (SSSR count). The van der Waals surface area contributed by atoms with Crippen LogP contribution in [0.3, 0.4) is 0 Å². The Labute approximate surface area is 174 Å². The van der Waals surface area contributed by atoms with Gasteiger partial charge in [-0.1, -0.05) is 41.9 Å². The first kappa shape index (κ1) is 18.4. The van der Waals surface area contributed by atoms with Crippen LogP contribution < -0.4 is 5.32 Å². The Morgan fingerprint density at radius 2 is 2.07 bits per heavy atom. The molecule has 1 fully saturated rings. The lowest BCUT2D eigenvalue weighted by Crippen LogP contribution is -2.34. The smallest absolute Gasteiger partial charge is 0.339 e. The summed E-state index contributed by atoms with van der Waals surface area (Å²) in [5.41, 5.74) is 3.53. The first-order valence-corrected chi connectivity index (χ1v) is 10.3. The van der Waals surface area contributed by atoms with Gasteiger partial charge in [0.25, 0.3) is 5.91 Å². The van der Waals surface area contributed by atoms with Gasteiger partial charge < -0.3 is 15.0 Å². The quantitative estimate of drug-likeness (QED) is 0.771. The molecule has 1 N–H and O–H groups in total. The Hall–Kier alpha value is -2.63. The fraction of sp³-hybridized carbons (Fsp3) is 0.304. The molecule has 2 aromatic rings. The zero-order valence-electron chi connectivity index (χ0n) is 15.9. The number of hydrogen-bond acceptors (Lipinski definition) is 4. The van der Waals surface area contributed by atoms with Crippen molar-refractivity contribution < 1.29 is 14.3 Å². The monoisotopic (exact) mass is 408 g/mol. The summed E-state index contributed by atoms with van der Waals surface area (Å²) >= 11 is 6.50. The number of rotatable bonds is 2. The van der Waals surface area contributed by atoms with E-state index in [0.717, 1.165) is 30.6 Å². The molecule has 0 bridgehead atoms. The molecule has 0 radical (unpaired) electrons. The van der Waals surface area contributed by atoms with Crippen LogP contribution in [0.25, 0.3) is 5.57 Å². The van der Waals surface area contributed by atoms with Crippen LogP contribution in [0.2, 0.25) is 5.02 Å². The van der Waals surface area contributed by atoms with Crippen LogP contribution in [0.15, 0.2) is 48.5 Å². The second kappa shape index (κ2) is 7.01. The van der Waals surface area contributed by atoms with E-state index in [-0.39, 0.29) is 11.9 Å². The Morgan fingerprint density at radius 3 is 2.86 bits per heavy atom. The normalized spacial score (nSPS) is 23.1. The van der Waals surface area contributed by atoms with E-state index in [1.807, 2.05) is 36.4 Å². The molecule has 2 aromatic carbocycles. The lowest BCUT2D eigenvalue weighted by Gasteiger charge is -2.24. The minimum atomic E-state index is -0.740. The molecule has 0 aliphatic carbocycles. The average Bonchev–Trinajstić information content (AvgIpc) is 3.30. The number of halogens is 1. The number of nitrogens with one attached hydrogen (secondary N) is 1. The molecular formula is C23H21ClN2O3. The number of benzene rings is 2. The zero-order valence-corrected chi connectivity index (χ0v) is 16.7. The molecule has 1 amide bonds. The maximum Gasteiger partial charge on any atom is 0.339 e. The van der Waals surface area contributed by atoms with Crippen molar-refractivity contribution in [1.29, 1.82) is 0 Å². The molecule has 29 heavy (non-hydrogen) atoms. The molecular weight excluding hydrogens is 388 g/mol. The highest BCUT2D eigenvalue weighted by atomic mass is 35.5. The Balaban J connectivity index is 1.39. The molecule has 3 aliphatic rings. The number of nitrogens with zero attached hydrogens (tertiary/aromatic N) is 1. The third kappa shape index (κ3) is 3.05. The van der Waals surface area contributed by atoms with E-state index in [1.165, 1.54) is 5.57 Å². The summed E-state index contributed by atoms with van der Waals surface area (Å²) in [5, 5.41) is 3.75.